The van der Waals surface area contributed by atoms with E-state index in [2.05, 4.69) is 15.7 Å². The fraction of sp³-hybridized carbons (Fsp3) is 0.476. The van der Waals surface area contributed by atoms with E-state index in [0.29, 0.717) is 24.8 Å². The van der Waals surface area contributed by atoms with Crippen LogP contribution in [0.4, 0.5) is 0 Å². The standard InChI is InChI=1S/C21H26N4O4/c1-13(14-5-4-6-16(9-14)28-3)25-18(10-17(24-25)19(26)22-2)20(27)23-21-7-8-29-12-15(21)11-21/h4-6,9-10,13,15H,7-8,11-12H2,1-3H3,(H,22,26)(H,23,27)/t13-,15+,21-/m0/s1. The number of benzene rings is 1. The summed E-state index contributed by atoms with van der Waals surface area (Å²) in [6, 6.07) is 8.90. The minimum atomic E-state index is -0.329. The Morgan fingerprint density at radius 1 is 1.34 bits per heavy atom. The van der Waals surface area contributed by atoms with Crippen LogP contribution in [0.1, 0.15) is 52.3 Å². The van der Waals surface area contributed by atoms with Gasteiger partial charge in [-0.1, -0.05) is 12.1 Å². The van der Waals surface area contributed by atoms with Crippen LogP contribution >= 0.6 is 0 Å². The third-order valence-electron chi connectivity index (χ3n) is 5.98. The maximum absolute atomic E-state index is 13.2. The van der Waals surface area contributed by atoms with Crippen molar-refractivity contribution >= 4 is 11.8 Å². The van der Waals surface area contributed by atoms with Crippen LogP contribution in [0.5, 0.6) is 5.75 Å². The molecule has 2 amide bonds. The molecule has 1 aliphatic heterocycles. The molecule has 3 atom stereocenters. The minimum Gasteiger partial charge on any atom is -0.497 e. The Morgan fingerprint density at radius 2 is 2.17 bits per heavy atom. The number of hydrogen-bond acceptors (Lipinski definition) is 5. The molecule has 2 aliphatic rings. The molecule has 2 heterocycles. The van der Waals surface area contributed by atoms with Gasteiger partial charge in [0.05, 0.1) is 19.8 Å². The molecule has 8 heteroatoms. The molecule has 8 nitrogen and oxygen atoms in total. The molecule has 4 rings (SSSR count). The van der Waals surface area contributed by atoms with Crippen LogP contribution in [-0.4, -0.2) is 54.5 Å². The molecular weight excluding hydrogens is 372 g/mol. The van der Waals surface area contributed by atoms with Crippen LogP contribution in [0.25, 0.3) is 0 Å². The predicted octanol–water partition coefficient (Wildman–Crippen LogP) is 1.77. The summed E-state index contributed by atoms with van der Waals surface area (Å²) in [6.45, 7) is 3.28. The van der Waals surface area contributed by atoms with E-state index >= 15 is 0 Å². The number of carbonyl (C=O) groups is 2. The van der Waals surface area contributed by atoms with Crippen molar-refractivity contribution in [1.82, 2.24) is 20.4 Å². The van der Waals surface area contributed by atoms with Crippen LogP contribution in [-0.2, 0) is 4.74 Å². The third-order valence-corrected chi connectivity index (χ3v) is 5.98. The van der Waals surface area contributed by atoms with E-state index in [0.717, 1.165) is 24.2 Å². The molecule has 1 aliphatic carbocycles. The second-order valence-corrected chi connectivity index (χ2v) is 7.73. The summed E-state index contributed by atoms with van der Waals surface area (Å²) >= 11 is 0. The second kappa shape index (κ2) is 7.51. The highest BCUT2D eigenvalue weighted by Crippen LogP contribution is 2.49. The monoisotopic (exact) mass is 398 g/mol. The van der Waals surface area contributed by atoms with Gasteiger partial charge in [-0.2, -0.15) is 5.10 Å². The van der Waals surface area contributed by atoms with Gasteiger partial charge in [0.15, 0.2) is 5.69 Å². The Hall–Kier alpha value is -2.87. The largest absolute Gasteiger partial charge is 0.497 e. The van der Waals surface area contributed by atoms with Gasteiger partial charge in [0.1, 0.15) is 11.4 Å². The van der Waals surface area contributed by atoms with Crippen LogP contribution in [0, 0.1) is 5.92 Å². The summed E-state index contributed by atoms with van der Waals surface area (Å²) in [5.41, 5.74) is 1.32. The summed E-state index contributed by atoms with van der Waals surface area (Å²) < 4.78 is 12.4. The van der Waals surface area contributed by atoms with Gasteiger partial charge in [-0.15, -0.1) is 0 Å². The Kier molecular flexibility index (Phi) is 5.04. The first-order valence-electron chi connectivity index (χ1n) is 9.83. The average molecular weight is 398 g/mol. The van der Waals surface area contributed by atoms with E-state index in [1.165, 1.54) is 0 Å². The number of carbonyl (C=O) groups excluding carboxylic acids is 2. The molecular formula is C21H26N4O4. The van der Waals surface area contributed by atoms with E-state index in [-0.39, 0.29) is 29.1 Å². The molecule has 1 aromatic carbocycles. The van der Waals surface area contributed by atoms with Gasteiger partial charge in [0.2, 0.25) is 0 Å². The molecule has 29 heavy (non-hydrogen) atoms. The van der Waals surface area contributed by atoms with E-state index < -0.39 is 0 Å². The van der Waals surface area contributed by atoms with Gasteiger partial charge in [0, 0.05) is 31.2 Å². The van der Waals surface area contributed by atoms with Crippen molar-refractivity contribution in [3.8, 4) is 5.75 Å². The maximum atomic E-state index is 13.2. The molecule has 0 radical (unpaired) electrons. The number of amides is 2. The highest BCUT2D eigenvalue weighted by atomic mass is 16.5. The lowest BCUT2D eigenvalue weighted by Gasteiger charge is -2.24. The van der Waals surface area contributed by atoms with Crippen molar-refractivity contribution in [2.24, 2.45) is 5.92 Å². The molecule has 2 aromatic rings. The average Bonchev–Trinajstić information content (AvgIpc) is 3.29. The van der Waals surface area contributed by atoms with E-state index in [4.69, 9.17) is 9.47 Å². The van der Waals surface area contributed by atoms with Crippen molar-refractivity contribution in [3.05, 3.63) is 47.3 Å². The lowest BCUT2D eigenvalue weighted by atomic mass is 10.1. The number of methoxy groups -OCH3 is 1. The Bertz CT molecular complexity index is 941. The molecule has 2 fully saturated rings. The Labute approximate surface area is 169 Å². The smallest absolute Gasteiger partial charge is 0.271 e. The first kappa shape index (κ1) is 19.4. The van der Waals surface area contributed by atoms with Gasteiger partial charge in [-0.05, 0) is 37.5 Å². The van der Waals surface area contributed by atoms with Gasteiger partial charge in [-0.3, -0.25) is 14.3 Å². The van der Waals surface area contributed by atoms with Crippen molar-refractivity contribution < 1.29 is 19.1 Å². The van der Waals surface area contributed by atoms with Gasteiger partial charge in [0.25, 0.3) is 11.8 Å². The topological polar surface area (TPSA) is 94.5 Å². The first-order valence-corrected chi connectivity index (χ1v) is 9.83. The van der Waals surface area contributed by atoms with Crippen molar-refractivity contribution in [2.75, 3.05) is 27.4 Å². The molecule has 1 aromatic heterocycles. The highest BCUT2D eigenvalue weighted by molar-refractivity contribution is 5.98. The highest BCUT2D eigenvalue weighted by Gasteiger charge is 2.56. The molecule has 0 unspecified atom stereocenters. The van der Waals surface area contributed by atoms with E-state index in [1.54, 1.807) is 24.9 Å². The van der Waals surface area contributed by atoms with Crippen molar-refractivity contribution in [2.45, 2.75) is 31.3 Å². The molecule has 0 spiro atoms. The van der Waals surface area contributed by atoms with Crippen LogP contribution < -0.4 is 15.4 Å². The normalized spacial score (nSPS) is 23.6. The zero-order chi connectivity index (χ0) is 20.6. The predicted molar refractivity (Wildman–Crippen MR) is 106 cm³/mol. The fourth-order valence-corrected chi connectivity index (χ4v) is 4.03. The molecule has 1 saturated carbocycles. The van der Waals surface area contributed by atoms with Crippen LogP contribution in [0.3, 0.4) is 0 Å². The first-order chi connectivity index (χ1) is 14.0. The summed E-state index contributed by atoms with van der Waals surface area (Å²) in [7, 11) is 3.15. The Balaban J connectivity index is 1.66. The van der Waals surface area contributed by atoms with Crippen LogP contribution in [0.2, 0.25) is 0 Å². The van der Waals surface area contributed by atoms with E-state index in [1.807, 2.05) is 31.2 Å². The van der Waals surface area contributed by atoms with Crippen molar-refractivity contribution in [1.29, 1.82) is 0 Å². The summed E-state index contributed by atoms with van der Waals surface area (Å²) in [4.78, 5) is 25.3. The molecule has 1 saturated heterocycles. The number of ether oxygens (including phenoxy) is 2. The van der Waals surface area contributed by atoms with E-state index in [9.17, 15) is 9.59 Å². The molecule has 0 bridgehead atoms. The summed E-state index contributed by atoms with van der Waals surface area (Å²) in [5, 5.41) is 10.2. The SMILES string of the molecule is CNC(=O)c1cc(C(=O)N[C@]23CCOC[C@H]2C3)n([C@@H](C)c2cccc(OC)c2)n1. The molecule has 2 N–H and O–H groups in total. The lowest BCUT2D eigenvalue weighted by Crippen LogP contribution is -2.43. The van der Waals surface area contributed by atoms with Gasteiger partial charge < -0.3 is 20.1 Å². The number of rotatable bonds is 6. The number of hydrogen-bond donors (Lipinski definition) is 2. The van der Waals surface area contributed by atoms with Crippen molar-refractivity contribution in [3.63, 3.8) is 0 Å². The number of nitrogens with one attached hydrogen (secondary N) is 2. The van der Waals surface area contributed by atoms with Gasteiger partial charge in [-0.25, -0.2) is 0 Å². The summed E-state index contributed by atoms with van der Waals surface area (Å²) in [6.07, 6.45) is 1.74. The summed E-state index contributed by atoms with van der Waals surface area (Å²) in [5.74, 6) is 0.544. The molecule has 154 valence electrons. The number of nitrogens with zero attached hydrogens (tertiary/aromatic N) is 2. The third kappa shape index (κ3) is 3.60. The van der Waals surface area contributed by atoms with Crippen LogP contribution in [0.15, 0.2) is 30.3 Å². The number of fused-ring (bicyclic) bond motifs is 1. The lowest BCUT2D eigenvalue weighted by molar-refractivity contribution is 0.0658. The van der Waals surface area contributed by atoms with Gasteiger partial charge >= 0.3 is 0 Å². The number of aromatic nitrogens is 2. The fourth-order valence-electron chi connectivity index (χ4n) is 4.03. The zero-order valence-electron chi connectivity index (χ0n) is 16.9. The Morgan fingerprint density at radius 3 is 2.90 bits per heavy atom. The quantitative estimate of drug-likeness (QED) is 0.773. The second-order valence-electron chi connectivity index (χ2n) is 7.73. The maximum Gasteiger partial charge on any atom is 0.271 e. The zero-order valence-corrected chi connectivity index (χ0v) is 16.9. The minimum absolute atomic E-state index is 0.184.